The summed E-state index contributed by atoms with van der Waals surface area (Å²) < 4.78 is 13.6. The summed E-state index contributed by atoms with van der Waals surface area (Å²) in [5, 5.41) is 10.2. The van der Waals surface area contributed by atoms with Crippen molar-refractivity contribution in [3.05, 3.63) is 52.9 Å². The molecule has 6 atom stereocenters. The molecule has 0 saturated heterocycles. The van der Waals surface area contributed by atoms with E-state index in [4.69, 9.17) is 0 Å². The van der Waals surface area contributed by atoms with E-state index < -0.39 is 0 Å². The van der Waals surface area contributed by atoms with Crippen LogP contribution in [-0.2, 0) is 4.79 Å². The van der Waals surface area contributed by atoms with Crippen LogP contribution in [0.3, 0.4) is 0 Å². The molecule has 5 rings (SSSR count). The van der Waals surface area contributed by atoms with Crippen LogP contribution in [0.25, 0.3) is 6.08 Å². The van der Waals surface area contributed by atoms with E-state index in [-0.39, 0.29) is 28.5 Å². The van der Waals surface area contributed by atoms with E-state index in [0.29, 0.717) is 17.8 Å². The van der Waals surface area contributed by atoms with Crippen LogP contribution in [0.15, 0.2) is 41.5 Å². The standard InChI is InChI=1S/C26H31FO2/c1-25-10-8-20(28)15-18(25)6-7-21-22(25)9-11-26(2)23(21)14-17(24(26)29)12-16-4-3-5-19(27)13-16/h3-6,12-13,20-23,28H,7-11,14-15H2,1-2H3/b17-12+/t20-,21-,22+,23+,25-,26+/m0/s1. The smallest absolute Gasteiger partial charge is 0.165 e. The first-order chi connectivity index (χ1) is 13.8. The van der Waals surface area contributed by atoms with Gasteiger partial charge in [0.15, 0.2) is 5.78 Å². The third kappa shape index (κ3) is 2.88. The van der Waals surface area contributed by atoms with E-state index in [2.05, 4.69) is 19.9 Å². The van der Waals surface area contributed by atoms with Gasteiger partial charge in [-0.05, 0) is 97.5 Å². The van der Waals surface area contributed by atoms with E-state index in [9.17, 15) is 14.3 Å². The van der Waals surface area contributed by atoms with Crippen molar-refractivity contribution in [1.82, 2.24) is 0 Å². The lowest BCUT2D eigenvalue weighted by Crippen LogP contribution is -2.50. The van der Waals surface area contributed by atoms with Crippen LogP contribution in [-0.4, -0.2) is 17.0 Å². The van der Waals surface area contributed by atoms with E-state index in [1.165, 1.54) is 17.7 Å². The van der Waals surface area contributed by atoms with Crippen LogP contribution < -0.4 is 0 Å². The van der Waals surface area contributed by atoms with Gasteiger partial charge in [0.25, 0.3) is 0 Å². The Balaban J connectivity index is 1.48. The molecule has 29 heavy (non-hydrogen) atoms. The first kappa shape index (κ1) is 19.2. The Morgan fingerprint density at radius 1 is 1.10 bits per heavy atom. The highest BCUT2D eigenvalue weighted by Gasteiger charge is 2.59. The van der Waals surface area contributed by atoms with Gasteiger partial charge in [0.05, 0.1) is 6.10 Å². The zero-order valence-corrected chi connectivity index (χ0v) is 17.5. The van der Waals surface area contributed by atoms with E-state index in [0.717, 1.165) is 56.1 Å². The Bertz CT molecular complexity index is 915. The Kier molecular flexibility index (Phi) is 4.40. The first-order valence-electron chi connectivity index (χ1n) is 11.2. The summed E-state index contributed by atoms with van der Waals surface area (Å²) in [4.78, 5) is 13.4. The lowest BCUT2D eigenvalue weighted by Gasteiger charge is -2.56. The molecule has 0 radical (unpaired) electrons. The number of rotatable bonds is 1. The molecule has 3 saturated carbocycles. The Labute approximate surface area is 172 Å². The van der Waals surface area contributed by atoms with Crippen molar-refractivity contribution in [3.8, 4) is 0 Å². The third-order valence-corrected chi connectivity index (χ3v) is 8.91. The number of fused-ring (bicyclic) bond motifs is 5. The van der Waals surface area contributed by atoms with Crippen LogP contribution in [0.2, 0.25) is 0 Å². The second-order valence-corrected chi connectivity index (χ2v) is 10.4. The predicted octanol–water partition coefficient (Wildman–Crippen LogP) is 5.71. The molecule has 0 heterocycles. The quantitative estimate of drug-likeness (QED) is 0.489. The van der Waals surface area contributed by atoms with Crippen LogP contribution in [0, 0.1) is 34.4 Å². The average molecular weight is 395 g/mol. The van der Waals surface area contributed by atoms with Gasteiger partial charge < -0.3 is 5.11 Å². The SMILES string of the molecule is C[C@@]12CC[C@@H]3[C@H](CC=C4C[C@@H](O)CC[C@@]43C)[C@H]1C/C(=C\c1cccc(F)c1)C2=O. The molecule has 0 aliphatic heterocycles. The van der Waals surface area contributed by atoms with Gasteiger partial charge in [0, 0.05) is 5.41 Å². The minimum Gasteiger partial charge on any atom is -0.393 e. The molecule has 1 aromatic carbocycles. The number of aliphatic hydroxyl groups is 1. The summed E-state index contributed by atoms with van der Waals surface area (Å²) in [5.74, 6) is 1.53. The third-order valence-electron chi connectivity index (χ3n) is 8.91. The lowest BCUT2D eigenvalue weighted by molar-refractivity contribution is -0.130. The largest absolute Gasteiger partial charge is 0.393 e. The van der Waals surface area contributed by atoms with Crippen molar-refractivity contribution in [1.29, 1.82) is 0 Å². The zero-order chi connectivity index (χ0) is 20.4. The molecule has 0 amide bonds. The topological polar surface area (TPSA) is 37.3 Å². The number of hydrogen-bond donors (Lipinski definition) is 1. The highest BCUT2D eigenvalue weighted by molar-refractivity contribution is 6.05. The second kappa shape index (κ2) is 6.63. The van der Waals surface area contributed by atoms with Crippen molar-refractivity contribution in [2.75, 3.05) is 0 Å². The summed E-state index contributed by atoms with van der Waals surface area (Å²) >= 11 is 0. The van der Waals surface area contributed by atoms with Crippen LogP contribution >= 0.6 is 0 Å². The molecular weight excluding hydrogens is 363 g/mol. The van der Waals surface area contributed by atoms with Crippen molar-refractivity contribution in [2.45, 2.75) is 64.9 Å². The fraction of sp³-hybridized carbons (Fsp3) is 0.577. The maximum absolute atomic E-state index is 13.6. The number of carbonyl (C=O) groups excluding carboxylic acids is 1. The van der Waals surface area contributed by atoms with Crippen molar-refractivity contribution in [2.24, 2.45) is 28.6 Å². The monoisotopic (exact) mass is 394 g/mol. The zero-order valence-electron chi connectivity index (χ0n) is 17.5. The van der Waals surface area contributed by atoms with Gasteiger partial charge >= 0.3 is 0 Å². The lowest BCUT2D eigenvalue weighted by atomic mass is 9.48. The Morgan fingerprint density at radius 3 is 2.69 bits per heavy atom. The Hall–Kier alpha value is -1.74. The minimum atomic E-state index is -0.282. The summed E-state index contributed by atoms with van der Waals surface area (Å²) in [7, 11) is 0. The summed E-state index contributed by atoms with van der Waals surface area (Å²) in [5.41, 5.74) is 3.02. The number of Topliss-reactive ketones (excluding diaryl/α,β-unsaturated/α-hetero) is 1. The van der Waals surface area contributed by atoms with Gasteiger partial charge in [-0.2, -0.15) is 0 Å². The van der Waals surface area contributed by atoms with Gasteiger partial charge in [-0.3, -0.25) is 4.79 Å². The molecule has 3 heteroatoms. The highest BCUT2D eigenvalue weighted by Crippen LogP contribution is 2.64. The fourth-order valence-corrected chi connectivity index (χ4v) is 7.24. The molecular formula is C26H31FO2. The molecule has 3 fully saturated rings. The first-order valence-corrected chi connectivity index (χ1v) is 11.2. The van der Waals surface area contributed by atoms with Gasteiger partial charge in [-0.15, -0.1) is 0 Å². The number of allylic oxidation sites excluding steroid dienone is 2. The molecule has 0 aromatic heterocycles. The van der Waals surface area contributed by atoms with Crippen LogP contribution in [0.5, 0.6) is 0 Å². The molecule has 1 aromatic rings. The number of aliphatic hydroxyl groups excluding tert-OH is 1. The van der Waals surface area contributed by atoms with Crippen molar-refractivity contribution >= 4 is 11.9 Å². The molecule has 0 bridgehead atoms. The van der Waals surface area contributed by atoms with E-state index in [1.54, 1.807) is 6.07 Å². The van der Waals surface area contributed by atoms with Gasteiger partial charge in [-0.1, -0.05) is 37.6 Å². The maximum atomic E-state index is 13.6. The molecule has 4 aliphatic rings. The van der Waals surface area contributed by atoms with Crippen molar-refractivity contribution in [3.63, 3.8) is 0 Å². The minimum absolute atomic E-state index is 0.182. The number of ketones is 1. The van der Waals surface area contributed by atoms with Crippen LogP contribution in [0.1, 0.15) is 64.4 Å². The van der Waals surface area contributed by atoms with Crippen molar-refractivity contribution < 1.29 is 14.3 Å². The van der Waals surface area contributed by atoms with Gasteiger partial charge in [0.1, 0.15) is 5.82 Å². The predicted molar refractivity (Wildman–Crippen MR) is 112 cm³/mol. The highest BCUT2D eigenvalue weighted by atomic mass is 19.1. The van der Waals surface area contributed by atoms with Gasteiger partial charge in [-0.25, -0.2) is 4.39 Å². The van der Waals surface area contributed by atoms with E-state index >= 15 is 0 Å². The van der Waals surface area contributed by atoms with E-state index in [1.807, 2.05) is 12.1 Å². The molecule has 0 spiro atoms. The summed E-state index contributed by atoms with van der Waals surface area (Å²) in [6.45, 7) is 4.58. The molecule has 1 N–H and O–H groups in total. The molecule has 2 nitrogen and oxygen atoms in total. The molecule has 154 valence electrons. The molecule has 0 unspecified atom stereocenters. The Morgan fingerprint density at radius 2 is 1.90 bits per heavy atom. The average Bonchev–Trinajstić information content (AvgIpc) is 2.93. The number of carbonyl (C=O) groups is 1. The van der Waals surface area contributed by atoms with Crippen LogP contribution in [0.4, 0.5) is 4.39 Å². The number of benzene rings is 1. The fourth-order valence-electron chi connectivity index (χ4n) is 7.24. The molecule has 4 aliphatic carbocycles. The maximum Gasteiger partial charge on any atom is 0.165 e. The summed E-state index contributed by atoms with van der Waals surface area (Å²) in [6.07, 6.45) is 10.8. The number of halogens is 1. The van der Waals surface area contributed by atoms with Gasteiger partial charge in [0.2, 0.25) is 0 Å². The summed E-state index contributed by atoms with van der Waals surface area (Å²) in [6, 6.07) is 6.54. The number of hydrogen-bond acceptors (Lipinski definition) is 2. The second-order valence-electron chi connectivity index (χ2n) is 10.4. The normalized spacial score (nSPS) is 42.8.